The number of aliphatic hydroxyl groups is 1. The molecule has 2 amide bonds. The number of aliphatic hydroxyl groups excluding tert-OH is 1. The van der Waals surface area contributed by atoms with Crippen LogP contribution in [-0.4, -0.2) is 81.8 Å². The molecule has 1 spiro atoms. The zero-order chi connectivity index (χ0) is 25.4. The number of fused-ring (bicyclic) bond motifs is 1. The van der Waals surface area contributed by atoms with Gasteiger partial charge >= 0.3 is 5.97 Å². The van der Waals surface area contributed by atoms with Gasteiger partial charge in [0.05, 0.1) is 30.6 Å². The summed E-state index contributed by atoms with van der Waals surface area (Å²) in [5.74, 6) is -2.70. The van der Waals surface area contributed by atoms with E-state index in [1.807, 2.05) is 34.6 Å². The van der Waals surface area contributed by atoms with E-state index >= 15 is 0 Å². The standard InChI is InChI=1S/C26H40N2O6/c1-8-13-27(25(5,6)7)23(31)21-26-12-11-18(34-26)19(24(32)33-14-9-2)20(26)22(30)28(21)17(15-29)16(4)10-3/h8-9,16-21,29H,1-2,10-15H2,3-7H3/t16-,17-,18-,19+,20-,21?,26?/m0/s1. The van der Waals surface area contributed by atoms with Gasteiger partial charge in [-0.2, -0.15) is 0 Å². The first-order chi connectivity index (χ1) is 16.0. The lowest BCUT2D eigenvalue weighted by Gasteiger charge is -2.44. The summed E-state index contributed by atoms with van der Waals surface area (Å²) in [5.41, 5.74) is -1.65. The fourth-order valence-electron chi connectivity index (χ4n) is 6.02. The highest BCUT2D eigenvalue weighted by Gasteiger charge is 2.76. The van der Waals surface area contributed by atoms with Gasteiger partial charge in [0.1, 0.15) is 18.2 Å². The molecule has 8 nitrogen and oxygen atoms in total. The minimum atomic E-state index is -1.12. The molecule has 0 aromatic carbocycles. The molecule has 3 fully saturated rings. The number of hydrogen-bond donors (Lipinski definition) is 1. The van der Waals surface area contributed by atoms with Gasteiger partial charge in [-0.05, 0) is 39.5 Å². The number of ether oxygens (including phenoxy) is 2. The second kappa shape index (κ2) is 9.82. The van der Waals surface area contributed by atoms with Crippen molar-refractivity contribution in [1.29, 1.82) is 0 Å². The molecule has 0 aliphatic carbocycles. The van der Waals surface area contributed by atoms with Crippen LogP contribution in [0.1, 0.15) is 53.9 Å². The molecule has 0 radical (unpaired) electrons. The molecule has 190 valence electrons. The van der Waals surface area contributed by atoms with Crippen LogP contribution in [0.3, 0.4) is 0 Å². The van der Waals surface area contributed by atoms with E-state index in [9.17, 15) is 19.5 Å². The average Bonchev–Trinajstić information content (AvgIpc) is 3.43. The lowest BCUT2D eigenvalue weighted by molar-refractivity contribution is -0.157. The van der Waals surface area contributed by atoms with Crippen molar-refractivity contribution < 1.29 is 29.0 Å². The third-order valence-electron chi connectivity index (χ3n) is 7.82. The highest BCUT2D eigenvalue weighted by atomic mass is 16.6. The van der Waals surface area contributed by atoms with Gasteiger partial charge < -0.3 is 24.4 Å². The van der Waals surface area contributed by atoms with Crippen molar-refractivity contribution in [1.82, 2.24) is 9.80 Å². The van der Waals surface area contributed by atoms with Gasteiger partial charge in [0, 0.05) is 12.1 Å². The van der Waals surface area contributed by atoms with Gasteiger partial charge in [-0.3, -0.25) is 14.4 Å². The molecule has 2 unspecified atom stereocenters. The van der Waals surface area contributed by atoms with Crippen molar-refractivity contribution in [3.63, 3.8) is 0 Å². The van der Waals surface area contributed by atoms with E-state index in [4.69, 9.17) is 9.47 Å². The quantitative estimate of drug-likeness (QED) is 0.384. The van der Waals surface area contributed by atoms with E-state index in [-0.39, 0.29) is 30.9 Å². The van der Waals surface area contributed by atoms with Gasteiger partial charge in [-0.15, -0.1) is 6.58 Å². The average molecular weight is 477 g/mol. The summed E-state index contributed by atoms with van der Waals surface area (Å²) < 4.78 is 11.8. The third kappa shape index (κ3) is 4.09. The molecule has 3 saturated heterocycles. The van der Waals surface area contributed by atoms with Gasteiger partial charge in [0.25, 0.3) is 0 Å². The highest BCUT2D eigenvalue weighted by Crippen LogP contribution is 2.59. The van der Waals surface area contributed by atoms with Crippen LogP contribution in [0.2, 0.25) is 0 Å². The fourth-order valence-corrected chi connectivity index (χ4v) is 6.02. The van der Waals surface area contributed by atoms with Gasteiger partial charge in [0.2, 0.25) is 11.8 Å². The summed E-state index contributed by atoms with van der Waals surface area (Å²) >= 11 is 0. The van der Waals surface area contributed by atoms with Crippen LogP contribution in [0.4, 0.5) is 0 Å². The van der Waals surface area contributed by atoms with Crippen LogP contribution >= 0.6 is 0 Å². The molecule has 3 heterocycles. The Labute approximate surface area is 202 Å². The number of hydrogen-bond acceptors (Lipinski definition) is 6. The molecule has 3 aliphatic rings. The Morgan fingerprint density at radius 1 is 1.35 bits per heavy atom. The normalized spacial score (nSPS) is 31.7. The number of carbonyl (C=O) groups excluding carboxylic acids is 3. The molecule has 0 aromatic rings. The summed E-state index contributed by atoms with van der Waals surface area (Å²) in [6.45, 7) is 17.2. The molecule has 34 heavy (non-hydrogen) atoms. The van der Waals surface area contributed by atoms with Crippen LogP contribution in [0, 0.1) is 17.8 Å². The number of likely N-dealkylation sites (tertiary alicyclic amines) is 1. The van der Waals surface area contributed by atoms with Gasteiger partial charge in [-0.25, -0.2) is 0 Å². The molecule has 8 heteroatoms. The van der Waals surface area contributed by atoms with Crippen LogP contribution in [0.25, 0.3) is 0 Å². The molecule has 3 aliphatic heterocycles. The second-order valence-corrected chi connectivity index (χ2v) is 10.8. The Balaban J connectivity index is 2.13. The summed E-state index contributed by atoms with van der Waals surface area (Å²) in [6, 6.07) is -1.50. The zero-order valence-corrected chi connectivity index (χ0v) is 21.2. The lowest BCUT2D eigenvalue weighted by atomic mass is 9.70. The summed E-state index contributed by atoms with van der Waals surface area (Å²) in [4.78, 5) is 44.5. The van der Waals surface area contributed by atoms with Crippen molar-refractivity contribution in [3.05, 3.63) is 25.3 Å². The smallest absolute Gasteiger partial charge is 0.312 e. The molecule has 0 saturated carbocycles. The Kier molecular flexibility index (Phi) is 7.63. The maximum atomic E-state index is 14.2. The number of nitrogens with zero attached hydrogens (tertiary/aromatic N) is 2. The van der Waals surface area contributed by atoms with Crippen molar-refractivity contribution >= 4 is 17.8 Å². The van der Waals surface area contributed by atoms with Crippen molar-refractivity contribution in [2.24, 2.45) is 17.8 Å². The Morgan fingerprint density at radius 3 is 2.56 bits per heavy atom. The van der Waals surface area contributed by atoms with Crippen molar-refractivity contribution in [3.8, 4) is 0 Å². The monoisotopic (exact) mass is 476 g/mol. The molecule has 7 atom stereocenters. The van der Waals surface area contributed by atoms with Gasteiger partial charge in [-0.1, -0.05) is 39.0 Å². The molecule has 3 rings (SSSR count). The van der Waals surface area contributed by atoms with E-state index in [1.165, 1.54) is 11.0 Å². The van der Waals surface area contributed by atoms with Crippen LogP contribution < -0.4 is 0 Å². The first-order valence-electron chi connectivity index (χ1n) is 12.3. The number of rotatable bonds is 10. The third-order valence-corrected chi connectivity index (χ3v) is 7.82. The van der Waals surface area contributed by atoms with E-state index in [1.54, 1.807) is 11.0 Å². The van der Waals surface area contributed by atoms with Crippen LogP contribution in [0.5, 0.6) is 0 Å². The zero-order valence-electron chi connectivity index (χ0n) is 21.2. The Bertz CT molecular complexity index is 836. The second-order valence-electron chi connectivity index (χ2n) is 10.8. The lowest BCUT2D eigenvalue weighted by Crippen LogP contribution is -2.62. The molecular formula is C26H40N2O6. The Hall–Kier alpha value is -2.19. The van der Waals surface area contributed by atoms with Crippen LogP contribution in [-0.2, 0) is 23.9 Å². The van der Waals surface area contributed by atoms with Crippen molar-refractivity contribution in [2.45, 2.75) is 83.2 Å². The molecular weight excluding hydrogens is 436 g/mol. The van der Waals surface area contributed by atoms with Crippen molar-refractivity contribution in [2.75, 3.05) is 19.8 Å². The SMILES string of the molecule is C=CCOC(=O)[C@@H]1[C@@H]2CCC3(O2)C(C(=O)N(CC=C)C(C)(C)C)N([C@@H](CO)[C@@H](C)CC)C(=O)[C@H]13. The first-order valence-corrected chi connectivity index (χ1v) is 12.3. The van der Waals surface area contributed by atoms with Gasteiger partial charge in [0.15, 0.2) is 0 Å². The highest BCUT2D eigenvalue weighted by molar-refractivity contribution is 5.98. The minimum absolute atomic E-state index is 0.0469. The minimum Gasteiger partial charge on any atom is -0.461 e. The predicted molar refractivity (Wildman–Crippen MR) is 128 cm³/mol. The maximum absolute atomic E-state index is 14.2. The van der Waals surface area contributed by atoms with E-state index < -0.39 is 47.1 Å². The number of carbonyl (C=O) groups is 3. The molecule has 2 bridgehead atoms. The number of amides is 2. The predicted octanol–water partition coefficient (Wildman–Crippen LogP) is 2.31. The molecule has 1 N–H and O–H groups in total. The topological polar surface area (TPSA) is 96.4 Å². The Morgan fingerprint density at radius 2 is 2.03 bits per heavy atom. The van der Waals surface area contributed by atoms with Crippen LogP contribution in [0.15, 0.2) is 25.3 Å². The number of esters is 1. The maximum Gasteiger partial charge on any atom is 0.312 e. The first kappa shape index (κ1) is 26.4. The summed E-state index contributed by atoms with van der Waals surface area (Å²) in [6.07, 6.45) is 4.47. The fraction of sp³-hybridized carbons (Fsp3) is 0.731. The largest absolute Gasteiger partial charge is 0.461 e. The van der Waals surface area contributed by atoms with E-state index in [2.05, 4.69) is 13.2 Å². The summed E-state index contributed by atoms with van der Waals surface area (Å²) in [5, 5.41) is 10.4. The summed E-state index contributed by atoms with van der Waals surface area (Å²) in [7, 11) is 0. The van der Waals surface area contributed by atoms with E-state index in [0.29, 0.717) is 19.4 Å². The van der Waals surface area contributed by atoms with E-state index in [0.717, 1.165) is 6.42 Å². The molecule has 0 aromatic heterocycles.